The summed E-state index contributed by atoms with van der Waals surface area (Å²) >= 11 is 0. The fourth-order valence-electron chi connectivity index (χ4n) is 5.92. The molecule has 15 heteroatoms. The van der Waals surface area contributed by atoms with Crippen LogP contribution >= 0.6 is 0 Å². The quantitative estimate of drug-likeness (QED) is 0.0620. The Morgan fingerprint density at radius 1 is 0.673 bits per heavy atom. The highest BCUT2D eigenvalue weighted by atomic mass is 16.4. The minimum atomic E-state index is -1.09. The molecule has 0 saturated heterocycles. The van der Waals surface area contributed by atoms with Crippen LogP contribution < -0.4 is 38.3 Å². The van der Waals surface area contributed by atoms with E-state index in [9.17, 15) is 33.6 Å². The first-order valence-corrected chi connectivity index (χ1v) is 18.1. The lowest BCUT2D eigenvalue weighted by Gasteiger charge is -2.17. The molecule has 15 nitrogen and oxygen atoms in total. The second kappa shape index (κ2) is 20.8. The van der Waals surface area contributed by atoms with Gasteiger partial charge in [-0.15, -0.1) is 0 Å². The number of unbranched alkanes of at least 4 members (excludes halogenated alkanes) is 1. The summed E-state index contributed by atoms with van der Waals surface area (Å²) < 4.78 is 10.4. The predicted molar refractivity (Wildman–Crippen MR) is 210 cm³/mol. The van der Waals surface area contributed by atoms with Crippen molar-refractivity contribution < 1.29 is 37.9 Å². The number of ketones is 2. The van der Waals surface area contributed by atoms with Crippen molar-refractivity contribution in [1.82, 2.24) is 10.6 Å². The minimum Gasteiger partial charge on any atom is -0.481 e. The molecule has 7 N–H and O–H groups in total. The Labute approximate surface area is 318 Å². The number of nitrogens with one attached hydrogen (secondary N) is 4. The topological polar surface area (TPSA) is 240 Å². The molecule has 4 atom stereocenters. The summed E-state index contributed by atoms with van der Waals surface area (Å²) in [5.41, 5.74) is 7.92. The summed E-state index contributed by atoms with van der Waals surface area (Å²) in [6.45, 7) is 7.55. The van der Waals surface area contributed by atoms with Crippen molar-refractivity contribution in [3.8, 4) is 0 Å². The van der Waals surface area contributed by atoms with Crippen LogP contribution in [0.2, 0.25) is 0 Å². The Morgan fingerprint density at radius 3 is 1.51 bits per heavy atom. The smallest absolute Gasteiger partial charge is 0.336 e. The number of aryl methyl sites for hydroxylation is 2. The zero-order chi connectivity index (χ0) is 40.8. The zero-order valence-corrected chi connectivity index (χ0v) is 32.1. The van der Waals surface area contributed by atoms with E-state index in [0.717, 1.165) is 34.7 Å². The van der Waals surface area contributed by atoms with Gasteiger partial charge in [-0.1, -0.05) is 20.3 Å². The standard InChI is InChI=1S/C21H29N3O4.C19H22N2O6/c1-13-11-20(26)28-19-12-15(7-8-16(13)19)24-21(27)14(2)10-18(25)17(23-3)6-4-5-9-22;1-10-7-18(25)27-16-8-12(4-5-13(10)16)21-19(26)11(2)6-15(22)14(20-3)9-17(23)24/h7-8,11-12,14,17,23H,4-6,9-10,22H2,1-3H3,(H,24,27);4-5,7-8,11,14,20H,6,9H2,1-3H3,(H,21,26)(H,23,24)/t14?,17-;11?,14-/m00/s1. The van der Waals surface area contributed by atoms with Gasteiger partial charge in [0.1, 0.15) is 11.2 Å². The number of nitrogens with two attached hydrogens (primary N) is 1. The molecule has 2 unspecified atom stereocenters. The molecule has 296 valence electrons. The minimum absolute atomic E-state index is 0.0160. The third kappa shape index (κ3) is 13.1. The largest absolute Gasteiger partial charge is 0.481 e. The molecule has 4 rings (SSSR count). The molecule has 0 aliphatic heterocycles. The fraction of sp³-hybridized carbons (Fsp3) is 0.425. The third-order valence-electron chi connectivity index (χ3n) is 9.15. The number of carbonyl (C=O) groups excluding carboxylic acids is 4. The second-order valence-electron chi connectivity index (χ2n) is 13.6. The summed E-state index contributed by atoms with van der Waals surface area (Å²) in [5, 5.41) is 21.6. The number of likely N-dealkylation sites (N-methyl/N-ethyl adjacent to an activating group) is 2. The van der Waals surface area contributed by atoms with E-state index < -0.39 is 35.1 Å². The summed E-state index contributed by atoms with van der Waals surface area (Å²) in [6.07, 6.45) is 2.18. The molecule has 0 saturated carbocycles. The molecular weight excluding hydrogens is 710 g/mol. The van der Waals surface area contributed by atoms with Gasteiger partial charge in [0.25, 0.3) is 0 Å². The first kappa shape index (κ1) is 43.9. The fourth-order valence-corrected chi connectivity index (χ4v) is 5.92. The van der Waals surface area contributed by atoms with Gasteiger partial charge in [0.05, 0.1) is 18.5 Å². The van der Waals surface area contributed by atoms with Crippen LogP contribution in [0.4, 0.5) is 11.4 Å². The monoisotopic (exact) mass is 761 g/mol. The number of aliphatic carboxylic acids is 1. The highest BCUT2D eigenvalue weighted by molar-refractivity contribution is 5.99. The maximum Gasteiger partial charge on any atom is 0.336 e. The molecule has 0 fully saturated rings. The van der Waals surface area contributed by atoms with E-state index in [2.05, 4.69) is 21.3 Å². The van der Waals surface area contributed by atoms with E-state index >= 15 is 0 Å². The maximum absolute atomic E-state index is 12.5. The van der Waals surface area contributed by atoms with Gasteiger partial charge in [-0.2, -0.15) is 0 Å². The van der Waals surface area contributed by atoms with Gasteiger partial charge in [0, 0.05) is 71.1 Å². The summed E-state index contributed by atoms with van der Waals surface area (Å²) in [6, 6.07) is 11.9. The van der Waals surface area contributed by atoms with Gasteiger partial charge in [-0.3, -0.25) is 24.0 Å². The molecule has 2 amide bonds. The first-order valence-electron chi connectivity index (χ1n) is 18.1. The van der Waals surface area contributed by atoms with Crippen LogP contribution in [0.1, 0.15) is 63.5 Å². The van der Waals surface area contributed by atoms with Crippen molar-refractivity contribution in [2.75, 3.05) is 31.3 Å². The number of Topliss-reactive ketones (excluding diaryl/α,β-unsaturated/α-hetero) is 2. The molecule has 0 aliphatic carbocycles. The molecule has 2 heterocycles. The van der Waals surface area contributed by atoms with E-state index in [1.54, 1.807) is 64.2 Å². The van der Waals surface area contributed by atoms with Crippen LogP contribution in [0.3, 0.4) is 0 Å². The first-order chi connectivity index (χ1) is 26.1. The molecule has 2 aromatic heterocycles. The predicted octanol–water partition coefficient (Wildman–Crippen LogP) is 4.05. The number of amides is 2. The van der Waals surface area contributed by atoms with Crippen LogP contribution in [0, 0.1) is 25.7 Å². The SMILES string of the molecule is CN[C@@H](CC(=O)O)C(=O)CC(C)C(=O)Nc1ccc2c(C)cc(=O)oc2c1.CN[C@@H](CCCCN)C(=O)CC(C)C(=O)Nc1ccc2c(C)cc(=O)oc2c1. The molecule has 0 aliphatic rings. The number of carboxylic acid groups (broad SMARTS) is 1. The van der Waals surface area contributed by atoms with Gasteiger partial charge < -0.3 is 40.9 Å². The molecule has 0 bridgehead atoms. The normalized spacial score (nSPS) is 13.2. The number of carbonyl (C=O) groups is 5. The number of carboxylic acids is 1. The molecule has 4 aromatic rings. The van der Waals surface area contributed by atoms with Crippen molar-refractivity contribution in [2.45, 2.75) is 78.3 Å². The Balaban J connectivity index is 0.000000296. The van der Waals surface area contributed by atoms with Crippen LogP contribution in [-0.2, 0) is 24.0 Å². The van der Waals surface area contributed by atoms with Crippen LogP contribution in [0.5, 0.6) is 0 Å². The lowest BCUT2D eigenvalue weighted by atomic mass is 9.96. The Kier molecular flexibility index (Phi) is 16.6. The van der Waals surface area contributed by atoms with E-state index in [-0.39, 0.29) is 48.7 Å². The number of fused-ring (bicyclic) bond motifs is 2. The van der Waals surface area contributed by atoms with E-state index in [4.69, 9.17) is 19.7 Å². The number of anilines is 2. The zero-order valence-electron chi connectivity index (χ0n) is 32.1. The van der Waals surface area contributed by atoms with Gasteiger partial charge in [0.15, 0.2) is 11.6 Å². The Morgan fingerprint density at radius 2 is 1.11 bits per heavy atom. The number of hydrogen-bond acceptors (Lipinski definition) is 12. The Bertz CT molecular complexity index is 2130. The van der Waals surface area contributed by atoms with Gasteiger partial charge in [0.2, 0.25) is 11.8 Å². The van der Waals surface area contributed by atoms with Crippen molar-refractivity contribution in [1.29, 1.82) is 0 Å². The third-order valence-corrected chi connectivity index (χ3v) is 9.15. The number of benzene rings is 2. The highest BCUT2D eigenvalue weighted by Crippen LogP contribution is 2.23. The van der Waals surface area contributed by atoms with Crippen molar-refractivity contribution >= 4 is 62.7 Å². The summed E-state index contributed by atoms with van der Waals surface area (Å²) in [4.78, 5) is 83.3. The average Bonchev–Trinajstić information content (AvgIpc) is 3.11. The lowest BCUT2D eigenvalue weighted by molar-refractivity contribution is -0.139. The summed E-state index contributed by atoms with van der Waals surface area (Å²) in [5.74, 6) is -3.18. The van der Waals surface area contributed by atoms with E-state index in [0.29, 0.717) is 35.5 Å². The average molecular weight is 762 g/mol. The molecule has 55 heavy (non-hydrogen) atoms. The van der Waals surface area contributed by atoms with Gasteiger partial charge in [-0.05, 0) is 82.7 Å². The van der Waals surface area contributed by atoms with Crippen LogP contribution in [-0.4, -0.2) is 67.2 Å². The van der Waals surface area contributed by atoms with Crippen molar-refractivity contribution in [3.05, 3.63) is 80.5 Å². The molecular formula is C40H51N5O10. The van der Waals surface area contributed by atoms with E-state index in [1.165, 1.54) is 19.2 Å². The van der Waals surface area contributed by atoms with Crippen LogP contribution in [0.15, 0.2) is 67.0 Å². The van der Waals surface area contributed by atoms with Gasteiger partial charge in [-0.25, -0.2) is 9.59 Å². The Hall–Kier alpha value is -5.51. The molecule has 2 aromatic carbocycles. The summed E-state index contributed by atoms with van der Waals surface area (Å²) in [7, 11) is 3.25. The lowest BCUT2D eigenvalue weighted by Crippen LogP contribution is -2.38. The maximum atomic E-state index is 12.5. The molecule has 0 spiro atoms. The highest BCUT2D eigenvalue weighted by Gasteiger charge is 2.25. The van der Waals surface area contributed by atoms with Crippen molar-refractivity contribution in [2.24, 2.45) is 17.6 Å². The number of hydrogen-bond donors (Lipinski definition) is 6. The van der Waals surface area contributed by atoms with Gasteiger partial charge >= 0.3 is 17.2 Å². The van der Waals surface area contributed by atoms with Crippen LogP contribution in [0.25, 0.3) is 21.9 Å². The molecule has 0 radical (unpaired) electrons. The van der Waals surface area contributed by atoms with Crippen molar-refractivity contribution in [3.63, 3.8) is 0 Å². The second-order valence-corrected chi connectivity index (χ2v) is 13.6. The number of rotatable bonds is 18. The van der Waals surface area contributed by atoms with E-state index in [1.807, 2.05) is 6.92 Å².